The summed E-state index contributed by atoms with van der Waals surface area (Å²) >= 11 is 1.69. The zero-order chi connectivity index (χ0) is 12.8. The zero-order valence-electron chi connectivity index (χ0n) is 10.3. The van der Waals surface area contributed by atoms with E-state index in [9.17, 15) is 5.11 Å². The van der Waals surface area contributed by atoms with Crippen LogP contribution < -0.4 is 9.47 Å². The fourth-order valence-corrected chi connectivity index (χ4v) is 2.36. The fraction of sp³-hybridized carbons (Fsp3) is 0.286. The number of methoxy groups -OCH3 is 1. The van der Waals surface area contributed by atoms with Gasteiger partial charge in [-0.15, -0.1) is 0 Å². The summed E-state index contributed by atoms with van der Waals surface area (Å²) in [6.07, 6.45) is 0.875. The van der Waals surface area contributed by atoms with Gasteiger partial charge in [0.05, 0.1) is 20.3 Å². The van der Waals surface area contributed by atoms with Crippen molar-refractivity contribution in [2.75, 3.05) is 13.7 Å². The first-order chi connectivity index (χ1) is 8.83. The second-order valence-electron chi connectivity index (χ2n) is 3.86. The summed E-state index contributed by atoms with van der Waals surface area (Å²) < 4.78 is 10.8. The minimum Gasteiger partial charge on any atom is -0.497 e. The minimum absolute atomic E-state index is 0.0506. The first-order valence-corrected chi connectivity index (χ1v) is 6.69. The number of benzene rings is 1. The van der Waals surface area contributed by atoms with Crippen molar-refractivity contribution in [2.24, 2.45) is 0 Å². The smallest absolute Gasteiger partial charge is 0.125 e. The quantitative estimate of drug-likeness (QED) is 0.872. The topological polar surface area (TPSA) is 38.7 Å². The molecule has 0 aliphatic rings. The van der Waals surface area contributed by atoms with Crippen LogP contribution in [0.15, 0.2) is 35.0 Å². The summed E-state index contributed by atoms with van der Waals surface area (Å²) in [4.78, 5) is 0. The molecular formula is C14H16O3S. The van der Waals surface area contributed by atoms with Crippen molar-refractivity contribution in [3.63, 3.8) is 0 Å². The first kappa shape index (κ1) is 12.9. The van der Waals surface area contributed by atoms with Crippen LogP contribution >= 0.6 is 11.3 Å². The predicted octanol–water partition coefficient (Wildman–Crippen LogP) is 2.87. The number of aliphatic hydroxyl groups is 1. The van der Waals surface area contributed by atoms with Crippen molar-refractivity contribution >= 4 is 11.3 Å². The number of aliphatic hydroxyl groups excluding tert-OH is 1. The third kappa shape index (κ3) is 3.24. The van der Waals surface area contributed by atoms with Gasteiger partial charge >= 0.3 is 0 Å². The van der Waals surface area contributed by atoms with Gasteiger partial charge in [-0.25, -0.2) is 0 Å². The largest absolute Gasteiger partial charge is 0.497 e. The number of thiophene rings is 1. The molecule has 0 saturated carbocycles. The maximum absolute atomic E-state index is 9.29. The van der Waals surface area contributed by atoms with Gasteiger partial charge in [0.2, 0.25) is 0 Å². The molecule has 0 radical (unpaired) electrons. The van der Waals surface area contributed by atoms with Crippen molar-refractivity contribution in [3.8, 4) is 11.5 Å². The van der Waals surface area contributed by atoms with Crippen LogP contribution in [-0.2, 0) is 13.0 Å². The molecule has 2 rings (SSSR count). The molecule has 3 nitrogen and oxygen atoms in total. The van der Waals surface area contributed by atoms with Gasteiger partial charge in [0, 0.05) is 12.0 Å². The fourth-order valence-electron chi connectivity index (χ4n) is 1.66. The highest BCUT2D eigenvalue weighted by atomic mass is 32.1. The molecule has 0 atom stereocenters. The van der Waals surface area contributed by atoms with Crippen LogP contribution in [0, 0.1) is 0 Å². The van der Waals surface area contributed by atoms with E-state index in [4.69, 9.17) is 9.47 Å². The highest BCUT2D eigenvalue weighted by Gasteiger charge is 2.05. The van der Waals surface area contributed by atoms with Crippen LogP contribution in [0.4, 0.5) is 0 Å². The van der Waals surface area contributed by atoms with E-state index >= 15 is 0 Å². The van der Waals surface area contributed by atoms with E-state index in [1.807, 2.05) is 12.1 Å². The molecule has 0 aliphatic carbocycles. The molecule has 0 saturated heterocycles. The Morgan fingerprint density at radius 1 is 1.28 bits per heavy atom. The molecule has 2 aromatic rings. The van der Waals surface area contributed by atoms with E-state index in [0.29, 0.717) is 12.4 Å². The minimum atomic E-state index is -0.0506. The van der Waals surface area contributed by atoms with E-state index in [1.165, 1.54) is 5.56 Å². The first-order valence-electron chi connectivity index (χ1n) is 5.75. The van der Waals surface area contributed by atoms with Gasteiger partial charge in [-0.1, -0.05) is 0 Å². The standard InChI is InChI=1S/C14H16O3S/c1-16-13-2-3-14(12(8-13)9-15)17-6-4-11-5-7-18-10-11/h2-3,5,7-8,10,15H,4,6,9H2,1H3. The molecule has 1 heterocycles. The lowest BCUT2D eigenvalue weighted by Crippen LogP contribution is -2.03. The second-order valence-corrected chi connectivity index (χ2v) is 4.64. The molecule has 0 aliphatic heterocycles. The second kappa shape index (κ2) is 6.42. The maximum Gasteiger partial charge on any atom is 0.125 e. The van der Waals surface area contributed by atoms with Crippen LogP contribution in [-0.4, -0.2) is 18.8 Å². The summed E-state index contributed by atoms with van der Waals surface area (Å²) in [6, 6.07) is 7.55. The van der Waals surface area contributed by atoms with Crippen LogP contribution in [0.2, 0.25) is 0 Å². The van der Waals surface area contributed by atoms with Gasteiger partial charge in [-0.05, 0) is 40.6 Å². The molecule has 0 amide bonds. The van der Waals surface area contributed by atoms with Gasteiger partial charge in [0.1, 0.15) is 11.5 Å². The Labute approximate surface area is 111 Å². The molecule has 0 bridgehead atoms. The zero-order valence-corrected chi connectivity index (χ0v) is 11.1. The molecule has 0 spiro atoms. The van der Waals surface area contributed by atoms with Crippen LogP contribution in [0.5, 0.6) is 11.5 Å². The van der Waals surface area contributed by atoms with Crippen LogP contribution in [0.3, 0.4) is 0 Å². The normalized spacial score (nSPS) is 10.3. The van der Waals surface area contributed by atoms with E-state index in [2.05, 4.69) is 16.8 Å². The number of hydrogen-bond donors (Lipinski definition) is 1. The summed E-state index contributed by atoms with van der Waals surface area (Å²) in [7, 11) is 1.60. The lowest BCUT2D eigenvalue weighted by Gasteiger charge is -2.11. The Morgan fingerprint density at radius 3 is 2.83 bits per heavy atom. The Bertz CT molecular complexity index is 480. The number of rotatable bonds is 6. The van der Waals surface area contributed by atoms with Crippen molar-refractivity contribution in [3.05, 3.63) is 46.2 Å². The molecule has 0 unspecified atom stereocenters. The molecule has 1 N–H and O–H groups in total. The summed E-state index contributed by atoms with van der Waals surface area (Å²) in [5, 5.41) is 13.5. The van der Waals surface area contributed by atoms with E-state index in [-0.39, 0.29) is 6.61 Å². The average molecular weight is 264 g/mol. The summed E-state index contributed by atoms with van der Waals surface area (Å²) in [5.74, 6) is 1.44. The van der Waals surface area contributed by atoms with E-state index < -0.39 is 0 Å². The lowest BCUT2D eigenvalue weighted by molar-refractivity contribution is 0.262. The molecule has 1 aromatic heterocycles. The van der Waals surface area contributed by atoms with Gasteiger partial charge in [-0.2, -0.15) is 11.3 Å². The van der Waals surface area contributed by atoms with Crippen LogP contribution in [0.25, 0.3) is 0 Å². The van der Waals surface area contributed by atoms with Crippen molar-refractivity contribution in [2.45, 2.75) is 13.0 Å². The molecule has 4 heteroatoms. The predicted molar refractivity (Wildman–Crippen MR) is 72.4 cm³/mol. The Hall–Kier alpha value is -1.52. The monoisotopic (exact) mass is 264 g/mol. The number of hydrogen-bond acceptors (Lipinski definition) is 4. The highest BCUT2D eigenvalue weighted by molar-refractivity contribution is 7.07. The Balaban J connectivity index is 1.96. The number of ether oxygens (including phenoxy) is 2. The van der Waals surface area contributed by atoms with E-state index in [1.54, 1.807) is 24.5 Å². The van der Waals surface area contributed by atoms with Crippen molar-refractivity contribution in [1.29, 1.82) is 0 Å². The van der Waals surface area contributed by atoms with Crippen LogP contribution in [0.1, 0.15) is 11.1 Å². The third-order valence-electron chi connectivity index (χ3n) is 2.67. The highest BCUT2D eigenvalue weighted by Crippen LogP contribution is 2.24. The van der Waals surface area contributed by atoms with Crippen molar-refractivity contribution in [1.82, 2.24) is 0 Å². The van der Waals surface area contributed by atoms with Gasteiger partial charge in [0.25, 0.3) is 0 Å². The van der Waals surface area contributed by atoms with Gasteiger partial charge in [-0.3, -0.25) is 0 Å². The third-order valence-corrected chi connectivity index (χ3v) is 3.40. The molecule has 1 aromatic carbocycles. The molecule has 96 valence electrons. The Morgan fingerprint density at radius 2 is 2.17 bits per heavy atom. The van der Waals surface area contributed by atoms with Crippen molar-refractivity contribution < 1.29 is 14.6 Å². The molecule has 18 heavy (non-hydrogen) atoms. The van der Waals surface area contributed by atoms with Gasteiger partial charge < -0.3 is 14.6 Å². The maximum atomic E-state index is 9.29. The lowest BCUT2D eigenvalue weighted by atomic mass is 10.2. The van der Waals surface area contributed by atoms with Gasteiger partial charge in [0.15, 0.2) is 0 Å². The average Bonchev–Trinajstić information content (AvgIpc) is 2.92. The SMILES string of the molecule is COc1ccc(OCCc2ccsc2)c(CO)c1. The Kier molecular flexibility index (Phi) is 4.61. The molecular weight excluding hydrogens is 248 g/mol. The summed E-state index contributed by atoms with van der Waals surface area (Å²) in [6.45, 7) is 0.557. The summed E-state index contributed by atoms with van der Waals surface area (Å²) in [5.41, 5.74) is 2.03. The molecule has 0 fully saturated rings. The van der Waals surface area contributed by atoms with E-state index in [0.717, 1.165) is 17.7 Å².